The highest BCUT2D eigenvalue weighted by atomic mass is 19.1. The van der Waals surface area contributed by atoms with Crippen molar-refractivity contribution in [3.05, 3.63) is 71.3 Å². The van der Waals surface area contributed by atoms with Crippen molar-refractivity contribution in [2.45, 2.75) is 25.4 Å². The zero-order valence-electron chi connectivity index (χ0n) is 15.3. The van der Waals surface area contributed by atoms with Crippen LogP contribution in [0.3, 0.4) is 0 Å². The normalized spacial score (nSPS) is 20.1. The van der Waals surface area contributed by atoms with Crippen molar-refractivity contribution in [2.24, 2.45) is 0 Å². The lowest BCUT2D eigenvalue weighted by atomic mass is 9.91. The molecular formula is C20H19F2N3O3. The molecule has 0 saturated carbocycles. The Morgan fingerprint density at radius 2 is 1.86 bits per heavy atom. The molecule has 1 aliphatic rings. The summed E-state index contributed by atoms with van der Waals surface area (Å²) in [5.41, 5.74) is -1.24. The Morgan fingerprint density at radius 1 is 1.18 bits per heavy atom. The van der Waals surface area contributed by atoms with Gasteiger partial charge in [-0.15, -0.1) is 0 Å². The molecule has 1 aliphatic heterocycles. The predicted octanol–water partition coefficient (Wildman–Crippen LogP) is 2.61. The lowest BCUT2D eigenvalue weighted by Crippen LogP contribution is -2.44. The molecule has 0 radical (unpaired) electrons. The average Bonchev–Trinajstić information content (AvgIpc) is 2.88. The van der Waals surface area contributed by atoms with Gasteiger partial charge in [-0.3, -0.25) is 14.5 Å². The first-order valence-electron chi connectivity index (χ1n) is 8.66. The van der Waals surface area contributed by atoms with Crippen molar-refractivity contribution in [2.75, 3.05) is 6.54 Å². The summed E-state index contributed by atoms with van der Waals surface area (Å²) in [6.45, 7) is 2.51. The number of hydrogen-bond donors (Lipinski definition) is 2. The topological polar surface area (TPSA) is 78.5 Å². The first-order chi connectivity index (χ1) is 13.2. The van der Waals surface area contributed by atoms with Crippen LogP contribution in [-0.2, 0) is 15.1 Å². The summed E-state index contributed by atoms with van der Waals surface area (Å²) >= 11 is 0. The van der Waals surface area contributed by atoms with Gasteiger partial charge in [0.15, 0.2) is 0 Å². The molecule has 3 rings (SSSR count). The van der Waals surface area contributed by atoms with Crippen LogP contribution < -0.4 is 10.6 Å². The van der Waals surface area contributed by atoms with E-state index >= 15 is 0 Å². The molecule has 2 aromatic rings. The van der Waals surface area contributed by atoms with Gasteiger partial charge in [0.1, 0.15) is 23.7 Å². The number of benzene rings is 2. The second-order valence-electron chi connectivity index (χ2n) is 6.77. The van der Waals surface area contributed by atoms with Gasteiger partial charge in [0.25, 0.3) is 5.91 Å². The number of urea groups is 1. The first-order valence-corrected chi connectivity index (χ1v) is 8.66. The van der Waals surface area contributed by atoms with Gasteiger partial charge in [0.2, 0.25) is 5.91 Å². The van der Waals surface area contributed by atoms with Crippen LogP contribution in [0.25, 0.3) is 0 Å². The number of carbonyl (C=O) groups excluding carboxylic acids is 3. The summed E-state index contributed by atoms with van der Waals surface area (Å²) in [6.07, 6.45) is 0. The lowest BCUT2D eigenvalue weighted by Gasteiger charge is -2.23. The van der Waals surface area contributed by atoms with E-state index in [0.29, 0.717) is 4.90 Å². The van der Waals surface area contributed by atoms with Crippen molar-refractivity contribution in [3.8, 4) is 0 Å². The van der Waals surface area contributed by atoms with Gasteiger partial charge in [-0.1, -0.05) is 30.3 Å². The van der Waals surface area contributed by atoms with E-state index in [1.807, 2.05) is 30.3 Å². The van der Waals surface area contributed by atoms with Crippen LogP contribution in [-0.4, -0.2) is 29.3 Å². The van der Waals surface area contributed by atoms with Crippen molar-refractivity contribution in [1.29, 1.82) is 0 Å². The quantitative estimate of drug-likeness (QED) is 0.774. The predicted molar refractivity (Wildman–Crippen MR) is 97.0 cm³/mol. The van der Waals surface area contributed by atoms with Crippen molar-refractivity contribution >= 4 is 17.8 Å². The molecule has 0 spiro atoms. The zero-order chi connectivity index (χ0) is 20.5. The fourth-order valence-corrected chi connectivity index (χ4v) is 3.16. The highest BCUT2D eigenvalue weighted by Gasteiger charge is 2.50. The van der Waals surface area contributed by atoms with Gasteiger partial charge < -0.3 is 10.6 Å². The second kappa shape index (κ2) is 7.38. The molecule has 28 heavy (non-hydrogen) atoms. The van der Waals surface area contributed by atoms with E-state index in [4.69, 9.17) is 0 Å². The van der Waals surface area contributed by atoms with Crippen LogP contribution in [0.2, 0.25) is 0 Å². The van der Waals surface area contributed by atoms with Crippen LogP contribution in [0.15, 0.2) is 48.5 Å². The number of nitrogens with one attached hydrogen (secondary N) is 2. The van der Waals surface area contributed by atoms with Crippen LogP contribution >= 0.6 is 0 Å². The third kappa shape index (κ3) is 3.58. The smallest absolute Gasteiger partial charge is 0.325 e. The molecular weight excluding hydrogens is 368 g/mol. The highest BCUT2D eigenvalue weighted by molar-refractivity contribution is 6.09. The zero-order valence-corrected chi connectivity index (χ0v) is 15.3. The van der Waals surface area contributed by atoms with E-state index < -0.39 is 41.6 Å². The van der Waals surface area contributed by atoms with E-state index in [1.54, 1.807) is 6.92 Å². The number of nitrogens with zero attached hydrogens (tertiary/aromatic N) is 1. The minimum atomic E-state index is -1.80. The Kier molecular flexibility index (Phi) is 5.13. The third-order valence-corrected chi connectivity index (χ3v) is 4.72. The summed E-state index contributed by atoms with van der Waals surface area (Å²) in [5.74, 6) is -2.96. The minimum absolute atomic E-state index is 0.300. The first kappa shape index (κ1) is 19.5. The van der Waals surface area contributed by atoms with E-state index in [-0.39, 0.29) is 11.6 Å². The molecule has 146 valence electrons. The Morgan fingerprint density at radius 3 is 2.54 bits per heavy atom. The second-order valence-corrected chi connectivity index (χ2v) is 6.77. The molecule has 2 atom stereocenters. The number of amides is 4. The molecule has 2 unspecified atom stereocenters. The summed E-state index contributed by atoms with van der Waals surface area (Å²) in [5, 5.41) is 5.06. The molecule has 1 saturated heterocycles. The van der Waals surface area contributed by atoms with Crippen LogP contribution in [0.5, 0.6) is 0 Å². The van der Waals surface area contributed by atoms with Gasteiger partial charge in [0.05, 0.1) is 6.04 Å². The summed E-state index contributed by atoms with van der Waals surface area (Å²) in [6, 6.07) is 10.6. The average molecular weight is 387 g/mol. The van der Waals surface area contributed by atoms with Crippen molar-refractivity contribution in [3.63, 3.8) is 0 Å². The largest absolute Gasteiger partial charge is 0.348 e. The third-order valence-electron chi connectivity index (χ3n) is 4.72. The Labute approximate surface area is 160 Å². The van der Waals surface area contributed by atoms with Gasteiger partial charge in [-0.2, -0.15) is 0 Å². The van der Waals surface area contributed by atoms with Crippen LogP contribution in [0, 0.1) is 11.6 Å². The molecule has 1 heterocycles. The van der Waals surface area contributed by atoms with Crippen LogP contribution in [0.1, 0.15) is 31.0 Å². The fourth-order valence-electron chi connectivity index (χ4n) is 3.16. The molecule has 4 amide bonds. The Bertz CT molecular complexity index is 936. The molecule has 1 fully saturated rings. The van der Waals surface area contributed by atoms with Gasteiger partial charge in [0, 0.05) is 5.56 Å². The van der Waals surface area contributed by atoms with Gasteiger partial charge in [-0.05, 0) is 37.6 Å². The maximum absolute atomic E-state index is 14.1. The Hall–Kier alpha value is -3.29. The monoisotopic (exact) mass is 387 g/mol. The number of carbonyl (C=O) groups is 3. The van der Waals surface area contributed by atoms with Gasteiger partial charge >= 0.3 is 6.03 Å². The lowest BCUT2D eigenvalue weighted by molar-refractivity contribution is -0.135. The van der Waals surface area contributed by atoms with E-state index in [0.717, 1.165) is 23.8 Å². The van der Waals surface area contributed by atoms with Crippen molar-refractivity contribution < 1.29 is 23.2 Å². The number of rotatable bonds is 5. The molecule has 6 nitrogen and oxygen atoms in total. The maximum Gasteiger partial charge on any atom is 0.325 e. The molecule has 2 aromatic carbocycles. The van der Waals surface area contributed by atoms with E-state index in [1.165, 1.54) is 6.92 Å². The number of hydrogen-bond acceptors (Lipinski definition) is 3. The SMILES string of the molecule is CC(NC(=O)CN1C(=O)NC(C)(c2cc(F)ccc2F)C1=O)c1ccccc1. The van der Waals surface area contributed by atoms with Crippen molar-refractivity contribution in [1.82, 2.24) is 15.5 Å². The number of halogens is 2. The van der Waals surface area contributed by atoms with E-state index in [2.05, 4.69) is 10.6 Å². The van der Waals surface area contributed by atoms with Crippen LogP contribution in [0.4, 0.5) is 13.6 Å². The van der Waals surface area contributed by atoms with Gasteiger partial charge in [-0.25, -0.2) is 13.6 Å². The van der Waals surface area contributed by atoms with E-state index in [9.17, 15) is 23.2 Å². The number of imide groups is 1. The summed E-state index contributed by atoms with van der Waals surface area (Å²) < 4.78 is 27.7. The molecule has 2 N–H and O–H groups in total. The maximum atomic E-state index is 14.1. The Balaban J connectivity index is 1.75. The molecule has 0 bridgehead atoms. The molecule has 0 aromatic heterocycles. The molecule has 8 heteroatoms. The highest BCUT2D eigenvalue weighted by Crippen LogP contribution is 2.31. The fraction of sp³-hybridized carbons (Fsp3) is 0.250. The standard InChI is InChI=1S/C20H19F2N3O3/c1-12(13-6-4-3-5-7-13)23-17(26)11-25-18(27)20(2,24-19(25)28)15-10-14(21)8-9-16(15)22/h3-10,12H,11H2,1-2H3,(H,23,26)(H,24,28). The summed E-state index contributed by atoms with van der Waals surface area (Å²) in [4.78, 5) is 38.0. The molecule has 0 aliphatic carbocycles. The summed E-state index contributed by atoms with van der Waals surface area (Å²) in [7, 11) is 0. The minimum Gasteiger partial charge on any atom is -0.348 e.